The Hall–Kier alpha value is -1.09. The van der Waals surface area contributed by atoms with E-state index in [1.165, 1.54) is 12.1 Å². The summed E-state index contributed by atoms with van der Waals surface area (Å²) >= 11 is 12.1. The normalized spacial score (nSPS) is 14.1. The van der Waals surface area contributed by atoms with Crippen LogP contribution in [0.25, 0.3) is 0 Å². The van der Waals surface area contributed by atoms with Crippen LogP contribution in [0.1, 0.15) is 37.1 Å². The van der Waals surface area contributed by atoms with E-state index in [0.29, 0.717) is 10.0 Å². The van der Waals surface area contributed by atoms with Gasteiger partial charge >= 0.3 is 0 Å². The van der Waals surface area contributed by atoms with Gasteiger partial charge in [-0.1, -0.05) is 41.4 Å². The SMILES string of the molecule is CC(N[C@H](C)c1ccc(F)cc1)c1ccc(Cl)cc1Cl. The van der Waals surface area contributed by atoms with Gasteiger partial charge in [0, 0.05) is 22.1 Å². The molecule has 2 atom stereocenters. The van der Waals surface area contributed by atoms with Crippen molar-refractivity contribution < 1.29 is 4.39 Å². The molecule has 106 valence electrons. The second kappa shape index (κ2) is 6.57. The van der Waals surface area contributed by atoms with E-state index in [-0.39, 0.29) is 17.9 Å². The van der Waals surface area contributed by atoms with Crippen molar-refractivity contribution in [1.82, 2.24) is 5.32 Å². The third kappa shape index (κ3) is 3.72. The van der Waals surface area contributed by atoms with Crippen LogP contribution in [0.5, 0.6) is 0 Å². The van der Waals surface area contributed by atoms with Crippen LogP contribution >= 0.6 is 23.2 Å². The molecule has 0 saturated heterocycles. The first-order valence-electron chi connectivity index (χ1n) is 6.44. The second-order valence-corrected chi connectivity index (χ2v) is 5.67. The molecule has 0 heterocycles. The molecule has 0 aliphatic carbocycles. The van der Waals surface area contributed by atoms with E-state index in [2.05, 4.69) is 5.32 Å². The van der Waals surface area contributed by atoms with Crippen molar-refractivity contribution in [3.63, 3.8) is 0 Å². The van der Waals surface area contributed by atoms with Crippen LogP contribution in [0.15, 0.2) is 42.5 Å². The van der Waals surface area contributed by atoms with Crippen molar-refractivity contribution in [3.05, 3.63) is 69.5 Å². The topological polar surface area (TPSA) is 12.0 Å². The van der Waals surface area contributed by atoms with Gasteiger partial charge in [-0.05, 0) is 49.2 Å². The molecule has 2 aromatic rings. The molecule has 0 spiro atoms. The molecule has 0 aliphatic heterocycles. The summed E-state index contributed by atoms with van der Waals surface area (Å²) in [5, 5.41) is 4.71. The predicted octanol–water partition coefficient (Wildman–Crippen LogP) is 5.54. The van der Waals surface area contributed by atoms with Crippen LogP contribution in [-0.2, 0) is 0 Å². The highest BCUT2D eigenvalue weighted by Gasteiger charge is 2.14. The summed E-state index contributed by atoms with van der Waals surface area (Å²) in [5.41, 5.74) is 2.02. The summed E-state index contributed by atoms with van der Waals surface area (Å²) in [6.45, 7) is 4.07. The Balaban J connectivity index is 2.10. The molecule has 20 heavy (non-hydrogen) atoms. The number of hydrogen-bond donors (Lipinski definition) is 1. The van der Waals surface area contributed by atoms with Crippen LogP contribution in [0.3, 0.4) is 0 Å². The molecule has 2 rings (SSSR count). The lowest BCUT2D eigenvalue weighted by molar-refractivity contribution is 0.494. The molecule has 0 bridgehead atoms. The Kier molecular flexibility index (Phi) is 5.03. The summed E-state index contributed by atoms with van der Waals surface area (Å²) in [4.78, 5) is 0. The van der Waals surface area contributed by atoms with E-state index in [0.717, 1.165) is 11.1 Å². The Morgan fingerprint density at radius 2 is 1.60 bits per heavy atom. The molecule has 1 unspecified atom stereocenters. The fraction of sp³-hybridized carbons (Fsp3) is 0.250. The third-order valence-corrected chi connectivity index (χ3v) is 3.86. The summed E-state index contributed by atoms with van der Waals surface area (Å²) in [5.74, 6) is -0.227. The first kappa shape index (κ1) is 15.3. The molecule has 0 aromatic heterocycles. The largest absolute Gasteiger partial charge is 0.304 e. The molecule has 0 fully saturated rings. The number of rotatable bonds is 4. The van der Waals surface area contributed by atoms with Crippen molar-refractivity contribution >= 4 is 23.2 Å². The van der Waals surface area contributed by atoms with Crippen LogP contribution in [0.2, 0.25) is 10.0 Å². The fourth-order valence-electron chi connectivity index (χ4n) is 2.17. The first-order chi connectivity index (χ1) is 9.47. The molecule has 0 amide bonds. The van der Waals surface area contributed by atoms with Crippen molar-refractivity contribution in [2.24, 2.45) is 0 Å². The highest BCUT2D eigenvalue weighted by Crippen LogP contribution is 2.28. The maximum Gasteiger partial charge on any atom is 0.123 e. The molecule has 4 heteroatoms. The van der Waals surface area contributed by atoms with Gasteiger partial charge in [0.2, 0.25) is 0 Å². The average molecular weight is 312 g/mol. The van der Waals surface area contributed by atoms with Gasteiger partial charge in [-0.2, -0.15) is 0 Å². The summed E-state index contributed by atoms with van der Waals surface area (Å²) in [6, 6.07) is 12.1. The van der Waals surface area contributed by atoms with Gasteiger partial charge in [0.1, 0.15) is 5.82 Å². The van der Waals surface area contributed by atoms with Crippen LogP contribution in [0.4, 0.5) is 4.39 Å². The van der Waals surface area contributed by atoms with E-state index in [1.54, 1.807) is 18.2 Å². The Morgan fingerprint density at radius 1 is 0.950 bits per heavy atom. The maximum absolute atomic E-state index is 12.9. The predicted molar refractivity (Wildman–Crippen MR) is 82.8 cm³/mol. The van der Waals surface area contributed by atoms with Gasteiger partial charge in [-0.15, -0.1) is 0 Å². The zero-order valence-corrected chi connectivity index (χ0v) is 12.8. The number of halogens is 3. The molecule has 1 N–H and O–H groups in total. The Labute approximate surface area is 128 Å². The Morgan fingerprint density at radius 3 is 2.20 bits per heavy atom. The van der Waals surface area contributed by atoms with Crippen molar-refractivity contribution in [1.29, 1.82) is 0 Å². The number of nitrogens with one attached hydrogen (secondary N) is 1. The minimum absolute atomic E-state index is 0.0693. The molecule has 0 saturated carbocycles. The van der Waals surface area contributed by atoms with Gasteiger partial charge in [-0.3, -0.25) is 0 Å². The van der Waals surface area contributed by atoms with Crippen LogP contribution < -0.4 is 5.32 Å². The summed E-state index contributed by atoms with van der Waals surface area (Å²) in [6.07, 6.45) is 0. The number of hydrogen-bond acceptors (Lipinski definition) is 1. The van der Waals surface area contributed by atoms with E-state index in [4.69, 9.17) is 23.2 Å². The smallest absolute Gasteiger partial charge is 0.123 e. The summed E-state index contributed by atoms with van der Waals surface area (Å²) < 4.78 is 12.9. The lowest BCUT2D eigenvalue weighted by Crippen LogP contribution is -2.22. The lowest BCUT2D eigenvalue weighted by atomic mass is 10.0. The highest BCUT2D eigenvalue weighted by molar-refractivity contribution is 6.35. The molecule has 2 aromatic carbocycles. The van der Waals surface area contributed by atoms with Crippen LogP contribution in [0, 0.1) is 5.82 Å². The third-order valence-electron chi connectivity index (χ3n) is 3.30. The van der Waals surface area contributed by atoms with Crippen molar-refractivity contribution in [3.8, 4) is 0 Å². The average Bonchev–Trinajstić information content (AvgIpc) is 2.39. The molecule has 0 radical (unpaired) electrons. The lowest BCUT2D eigenvalue weighted by Gasteiger charge is -2.21. The second-order valence-electron chi connectivity index (χ2n) is 4.83. The van der Waals surface area contributed by atoms with Crippen LogP contribution in [-0.4, -0.2) is 0 Å². The molecule has 0 aliphatic rings. The van der Waals surface area contributed by atoms with Gasteiger partial charge in [-0.25, -0.2) is 4.39 Å². The van der Waals surface area contributed by atoms with Gasteiger partial charge in [0.05, 0.1) is 0 Å². The Bertz CT molecular complexity index is 584. The minimum Gasteiger partial charge on any atom is -0.304 e. The van der Waals surface area contributed by atoms with Crippen molar-refractivity contribution in [2.75, 3.05) is 0 Å². The zero-order chi connectivity index (χ0) is 14.7. The standard InChI is InChI=1S/C16H16Cl2FN/c1-10(12-3-6-14(19)7-4-12)20-11(2)15-8-5-13(17)9-16(15)18/h3-11,20H,1-2H3/t10-,11?/m1/s1. The monoisotopic (exact) mass is 311 g/mol. The zero-order valence-electron chi connectivity index (χ0n) is 11.3. The maximum atomic E-state index is 12.9. The van der Waals surface area contributed by atoms with Crippen molar-refractivity contribution in [2.45, 2.75) is 25.9 Å². The van der Waals surface area contributed by atoms with E-state index >= 15 is 0 Å². The van der Waals surface area contributed by atoms with Gasteiger partial charge < -0.3 is 5.32 Å². The molecular weight excluding hydrogens is 296 g/mol. The molecule has 1 nitrogen and oxygen atoms in total. The highest BCUT2D eigenvalue weighted by atomic mass is 35.5. The summed E-state index contributed by atoms with van der Waals surface area (Å²) in [7, 11) is 0. The number of benzene rings is 2. The van der Waals surface area contributed by atoms with E-state index < -0.39 is 0 Å². The van der Waals surface area contributed by atoms with E-state index in [1.807, 2.05) is 26.0 Å². The van der Waals surface area contributed by atoms with E-state index in [9.17, 15) is 4.39 Å². The first-order valence-corrected chi connectivity index (χ1v) is 7.19. The van der Waals surface area contributed by atoms with Gasteiger partial charge in [0.25, 0.3) is 0 Å². The molecular formula is C16H16Cl2FN. The van der Waals surface area contributed by atoms with Gasteiger partial charge in [0.15, 0.2) is 0 Å². The fourth-order valence-corrected chi connectivity index (χ4v) is 2.74. The quantitative estimate of drug-likeness (QED) is 0.781. The minimum atomic E-state index is -0.227.